The zero-order chi connectivity index (χ0) is 16.4. The molecule has 24 heavy (non-hydrogen) atoms. The molecule has 0 amide bonds. The van der Waals surface area contributed by atoms with Gasteiger partial charge < -0.3 is 4.74 Å². The summed E-state index contributed by atoms with van der Waals surface area (Å²) >= 11 is 1.58. The number of ether oxygens (including phenoxy) is 1. The van der Waals surface area contributed by atoms with Gasteiger partial charge in [-0.15, -0.1) is 5.10 Å². The number of hydrogen-bond acceptors (Lipinski definition) is 7. The molecule has 0 radical (unpaired) electrons. The van der Waals surface area contributed by atoms with Crippen molar-refractivity contribution >= 4 is 22.8 Å². The molecular formula is C16H18N6OS. The smallest absolute Gasteiger partial charge is 0.209 e. The van der Waals surface area contributed by atoms with Crippen LogP contribution in [0.4, 0.5) is 0 Å². The molecule has 3 aromatic rings. The molecule has 0 bridgehead atoms. The fourth-order valence-electron chi connectivity index (χ4n) is 2.79. The molecule has 8 heteroatoms. The summed E-state index contributed by atoms with van der Waals surface area (Å²) in [5.74, 6) is 0.690. The number of fused-ring (bicyclic) bond motifs is 1. The number of aryl methyl sites for hydroxylation is 1. The van der Waals surface area contributed by atoms with Gasteiger partial charge in [0.25, 0.3) is 0 Å². The number of hydrogen-bond donors (Lipinski definition) is 0. The summed E-state index contributed by atoms with van der Waals surface area (Å²) in [5, 5.41) is 12.8. The highest BCUT2D eigenvalue weighted by Crippen LogP contribution is 2.23. The Bertz CT molecular complexity index is 845. The fraction of sp³-hybridized carbons (Fsp3) is 0.438. The molecular weight excluding hydrogens is 324 g/mol. The van der Waals surface area contributed by atoms with Crippen LogP contribution in [0.25, 0.3) is 11.0 Å². The van der Waals surface area contributed by atoms with Gasteiger partial charge in [-0.2, -0.15) is 0 Å². The molecule has 4 rings (SSSR count). The average molecular weight is 342 g/mol. The second kappa shape index (κ2) is 6.82. The molecule has 1 fully saturated rings. The minimum absolute atomic E-state index is 0.218. The van der Waals surface area contributed by atoms with Crippen LogP contribution in [-0.2, 0) is 17.0 Å². The summed E-state index contributed by atoms with van der Waals surface area (Å²) in [5.41, 5.74) is 3.74. The van der Waals surface area contributed by atoms with Gasteiger partial charge in [-0.1, -0.05) is 23.9 Å². The van der Waals surface area contributed by atoms with Crippen molar-refractivity contribution in [3.05, 3.63) is 35.7 Å². The first kappa shape index (κ1) is 15.5. The first-order chi connectivity index (χ1) is 11.8. The lowest BCUT2D eigenvalue weighted by molar-refractivity contribution is 0.0912. The number of aromatic nitrogens is 6. The van der Waals surface area contributed by atoms with E-state index in [2.05, 4.69) is 20.5 Å². The van der Waals surface area contributed by atoms with Crippen molar-refractivity contribution in [2.75, 3.05) is 6.61 Å². The minimum Gasteiger partial charge on any atom is -0.376 e. The van der Waals surface area contributed by atoms with Gasteiger partial charge in [0.1, 0.15) is 0 Å². The lowest BCUT2D eigenvalue weighted by Gasteiger charge is -2.10. The van der Waals surface area contributed by atoms with Crippen LogP contribution >= 0.6 is 11.8 Å². The second-order valence-electron chi connectivity index (χ2n) is 5.81. The Balaban J connectivity index is 1.49. The zero-order valence-corrected chi connectivity index (χ0v) is 14.2. The summed E-state index contributed by atoms with van der Waals surface area (Å²) in [7, 11) is 0. The summed E-state index contributed by atoms with van der Waals surface area (Å²) in [6.07, 6.45) is 2.40. The maximum Gasteiger partial charge on any atom is 0.209 e. The number of rotatable bonds is 5. The van der Waals surface area contributed by atoms with Crippen molar-refractivity contribution in [3.63, 3.8) is 0 Å². The lowest BCUT2D eigenvalue weighted by Crippen LogP contribution is -2.16. The van der Waals surface area contributed by atoms with Crippen LogP contribution in [0.3, 0.4) is 0 Å². The van der Waals surface area contributed by atoms with E-state index >= 15 is 0 Å². The van der Waals surface area contributed by atoms with Gasteiger partial charge in [-0.05, 0) is 42.3 Å². The van der Waals surface area contributed by atoms with Crippen LogP contribution in [0, 0.1) is 6.92 Å². The van der Waals surface area contributed by atoms with Crippen LogP contribution in [0.1, 0.15) is 24.2 Å². The molecule has 1 aliphatic rings. The molecule has 2 aromatic heterocycles. The standard InChI is InChI=1S/C16H18N6OS/c1-11-15(18-14-7-3-2-6-13(14)17-11)10-24-16-19-20-21-22(16)9-12-5-4-8-23-12/h2-3,6-7,12H,4-5,8-10H2,1H3. The molecule has 3 heterocycles. The maximum absolute atomic E-state index is 5.66. The molecule has 7 nitrogen and oxygen atoms in total. The predicted molar refractivity (Wildman–Crippen MR) is 90.6 cm³/mol. The highest BCUT2D eigenvalue weighted by atomic mass is 32.2. The Morgan fingerprint density at radius 2 is 2.08 bits per heavy atom. The highest BCUT2D eigenvalue weighted by Gasteiger charge is 2.19. The van der Waals surface area contributed by atoms with E-state index in [1.54, 1.807) is 11.8 Å². The van der Waals surface area contributed by atoms with E-state index in [4.69, 9.17) is 9.72 Å². The molecule has 1 saturated heterocycles. The minimum atomic E-state index is 0.218. The normalized spacial score (nSPS) is 17.6. The molecule has 124 valence electrons. The third-order valence-corrected chi connectivity index (χ3v) is 5.05. The van der Waals surface area contributed by atoms with Gasteiger partial charge in [0.2, 0.25) is 5.16 Å². The summed E-state index contributed by atoms with van der Waals surface area (Å²) in [6, 6.07) is 7.92. The van der Waals surface area contributed by atoms with Crippen molar-refractivity contribution in [2.45, 2.75) is 43.3 Å². The maximum atomic E-state index is 5.66. The van der Waals surface area contributed by atoms with Crippen molar-refractivity contribution in [2.24, 2.45) is 0 Å². The number of para-hydroxylation sites is 2. The van der Waals surface area contributed by atoms with Crippen molar-refractivity contribution < 1.29 is 4.74 Å². The first-order valence-corrected chi connectivity index (χ1v) is 9.01. The Hall–Kier alpha value is -2.06. The van der Waals surface area contributed by atoms with Gasteiger partial charge in [0.05, 0.1) is 35.1 Å². The van der Waals surface area contributed by atoms with Gasteiger partial charge in [-0.25, -0.2) is 14.6 Å². The average Bonchev–Trinajstić information content (AvgIpc) is 3.25. The van der Waals surface area contributed by atoms with Crippen molar-refractivity contribution in [3.8, 4) is 0 Å². The summed E-state index contributed by atoms with van der Waals surface area (Å²) in [4.78, 5) is 9.35. The van der Waals surface area contributed by atoms with Crippen LogP contribution in [0.5, 0.6) is 0 Å². The Morgan fingerprint density at radius 1 is 1.25 bits per heavy atom. The molecule has 0 aliphatic carbocycles. The van der Waals surface area contributed by atoms with E-state index in [9.17, 15) is 0 Å². The highest BCUT2D eigenvalue weighted by molar-refractivity contribution is 7.98. The van der Waals surface area contributed by atoms with Crippen LogP contribution in [0.2, 0.25) is 0 Å². The van der Waals surface area contributed by atoms with E-state index in [1.165, 1.54) is 0 Å². The third kappa shape index (κ3) is 3.25. The van der Waals surface area contributed by atoms with E-state index in [1.807, 2.05) is 35.9 Å². The Kier molecular flexibility index (Phi) is 4.40. The molecule has 0 spiro atoms. The lowest BCUT2D eigenvalue weighted by atomic mass is 10.2. The van der Waals surface area contributed by atoms with Gasteiger partial charge >= 0.3 is 0 Å². The predicted octanol–water partition coefficient (Wildman–Crippen LogP) is 2.40. The SMILES string of the molecule is Cc1nc2ccccc2nc1CSc1nnnn1CC1CCCO1. The van der Waals surface area contributed by atoms with Gasteiger partial charge in [0.15, 0.2) is 0 Å². The quantitative estimate of drug-likeness (QED) is 0.659. The van der Waals surface area contributed by atoms with E-state index in [-0.39, 0.29) is 6.10 Å². The molecule has 1 aliphatic heterocycles. The summed E-state index contributed by atoms with van der Waals surface area (Å²) < 4.78 is 7.49. The van der Waals surface area contributed by atoms with Gasteiger partial charge in [0, 0.05) is 12.4 Å². The molecule has 1 unspecified atom stereocenters. The fourth-order valence-corrected chi connectivity index (χ4v) is 3.68. The number of tetrazole rings is 1. The molecule has 1 aromatic carbocycles. The largest absolute Gasteiger partial charge is 0.376 e. The molecule has 0 N–H and O–H groups in total. The van der Waals surface area contributed by atoms with E-state index in [0.29, 0.717) is 12.3 Å². The number of nitrogens with zero attached hydrogens (tertiary/aromatic N) is 6. The van der Waals surface area contributed by atoms with Crippen LogP contribution in [0.15, 0.2) is 29.4 Å². The summed E-state index contributed by atoms with van der Waals surface area (Å²) in [6.45, 7) is 3.53. The van der Waals surface area contributed by atoms with E-state index in [0.717, 1.165) is 47.0 Å². The first-order valence-electron chi connectivity index (χ1n) is 8.02. The Labute approximate surface area is 143 Å². The molecule has 1 atom stereocenters. The topological polar surface area (TPSA) is 78.6 Å². The zero-order valence-electron chi connectivity index (χ0n) is 13.4. The Morgan fingerprint density at radius 3 is 2.88 bits per heavy atom. The van der Waals surface area contributed by atoms with Crippen molar-refractivity contribution in [1.82, 2.24) is 30.2 Å². The second-order valence-corrected chi connectivity index (χ2v) is 6.75. The third-order valence-electron chi connectivity index (χ3n) is 4.08. The van der Waals surface area contributed by atoms with Crippen LogP contribution < -0.4 is 0 Å². The van der Waals surface area contributed by atoms with Gasteiger partial charge in [-0.3, -0.25) is 0 Å². The number of thioether (sulfide) groups is 1. The molecule has 0 saturated carbocycles. The number of benzene rings is 1. The monoisotopic (exact) mass is 342 g/mol. The van der Waals surface area contributed by atoms with Crippen molar-refractivity contribution in [1.29, 1.82) is 0 Å². The van der Waals surface area contributed by atoms with E-state index < -0.39 is 0 Å². The van der Waals surface area contributed by atoms with Crippen LogP contribution in [-0.4, -0.2) is 42.9 Å².